The molecule has 0 N–H and O–H groups in total. The van der Waals surface area contributed by atoms with Crippen LogP contribution in [0.2, 0.25) is 0 Å². The van der Waals surface area contributed by atoms with Crippen LogP contribution in [0.4, 0.5) is 4.39 Å². The van der Waals surface area contributed by atoms with Gasteiger partial charge in [0.2, 0.25) is 0 Å². The first-order valence-electron chi connectivity index (χ1n) is 6.38. The number of nitriles is 1. The molecule has 0 aliphatic carbocycles. The second kappa shape index (κ2) is 5.17. The Labute approximate surface area is 121 Å². The zero-order valence-electron chi connectivity index (χ0n) is 11.3. The molecule has 2 aromatic carbocycles. The molecule has 3 rings (SSSR count). The maximum absolute atomic E-state index is 13.4. The van der Waals surface area contributed by atoms with Crippen LogP contribution in [0.1, 0.15) is 11.3 Å². The van der Waals surface area contributed by atoms with Gasteiger partial charge in [0.25, 0.3) is 0 Å². The summed E-state index contributed by atoms with van der Waals surface area (Å²) in [7, 11) is 0. The standard InChI is InChI=1S/C16H11FN4/c1-11-5-7-14(8-6-11)21-16(15(10-18)19-20-21)12-3-2-4-13(17)9-12/h2-9H,1H3. The fourth-order valence-electron chi connectivity index (χ4n) is 2.12. The van der Waals surface area contributed by atoms with Crippen LogP contribution in [-0.4, -0.2) is 15.0 Å². The van der Waals surface area contributed by atoms with Crippen LogP contribution in [0.3, 0.4) is 0 Å². The molecule has 21 heavy (non-hydrogen) atoms. The third-order valence-corrected chi connectivity index (χ3v) is 3.15. The van der Waals surface area contributed by atoms with Crippen LogP contribution >= 0.6 is 0 Å². The van der Waals surface area contributed by atoms with Gasteiger partial charge in [-0.2, -0.15) is 5.26 Å². The predicted octanol–water partition coefficient (Wildman–Crippen LogP) is 3.25. The van der Waals surface area contributed by atoms with E-state index in [0.29, 0.717) is 11.3 Å². The maximum Gasteiger partial charge on any atom is 0.191 e. The molecule has 0 aliphatic rings. The van der Waals surface area contributed by atoms with Crippen LogP contribution in [0.25, 0.3) is 16.9 Å². The summed E-state index contributed by atoms with van der Waals surface area (Å²) < 4.78 is 15.0. The van der Waals surface area contributed by atoms with Crippen molar-refractivity contribution in [2.45, 2.75) is 6.92 Å². The minimum atomic E-state index is -0.368. The molecule has 0 unspecified atom stereocenters. The number of benzene rings is 2. The molecule has 1 aromatic heterocycles. The average molecular weight is 278 g/mol. The van der Waals surface area contributed by atoms with E-state index in [4.69, 9.17) is 0 Å². The van der Waals surface area contributed by atoms with E-state index in [1.165, 1.54) is 12.1 Å². The Morgan fingerprint density at radius 1 is 1.14 bits per heavy atom. The lowest BCUT2D eigenvalue weighted by Gasteiger charge is -2.07. The summed E-state index contributed by atoms with van der Waals surface area (Å²) in [5, 5.41) is 17.1. The molecule has 0 bridgehead atoms. The Balaban J connectivity index is 2.22. The molecule has 1 heterocycles. The lowest BCUT2D eigenvalue weighted by Crippen LogP contribution is -2.00. The zero-order valence-corrected chi connectivity index (χ0v) is 11.3. The SMILES string of the molecule is Cc1ccc(-n2nnc(C#N)c2-c2cccc(F)c2)cc1. The summed E-state index contributed by atoms with van der Waals surface area (Å²) in [5.41, 5.74) is 3.11. The number of rotatable bonds is 2. The van der Waals surface area contributed by atoms with E-state index in [9.17, 15) is 9.65 Å². The van der Waals surface area contributed by atoms with Gasteiger partial charge in [-0.05, 0) is 31.2 Å². The van der Waals surface area contributed by atoms with Crippen molar-refractivity contribution in [2.75, 3.05) is 0 Å². The molecule has 0 spiro atoms. The Morgan fingerprint density at radius 3 is 2.57 bits per heavy atom. The Bertz CT molecular complexity index is 828. The third-order valence-electron chi connectivity index (χ3n) is 3.15. The van der Waals surface area contributed by atoms with Gasteiger partial charge in [-0.1, -0.05) is 35.0 Å². The lowest BCUT2D eigenvalue weighted by molar-refractivity contribution is 0.628. The maximum atomic E-state index is 13.4. The molecular formula is C16H11FN4. The smallest absolute Gasteiger partial charge is 0.191 e. The van der Waals surface area contributed by atoms with E-state index < -0.39 is 0 Å². The van der Waals surface area contributed by atoms with Crippen molar-refractivity contribution in [1.29, 1.82) is 5.26 Å². The summed E-state index contributed by atoms with van der Waals surface area (Å²) in [6.07, 6.45) is 0. The summed E-state index contributed by atoms with van der Waals surface area (Å²) in [5.74, 6) is -0.368. The largest absolute Gasteiger partial charge is 0.211 e. The first kappa shape index (κ1) is 13.0. The fourth-order valence-corrected chi connectivity index (χ4v) is 2.12. The first-order chi connectivity index (χ1) is 10.2. The highest BCUT2D eigenvalue weighted by Gasteiger charge is 2.16. The molecule has 0 fully saturated rings. The Morgan fingerprint density at radius 2 is 1.90 bits per heavy atom. The summed E-state index contributed by atoms with van der Waals surface area (Å²) in [6, 6.07) is 15.7. The molecule has 5 heteroatoms. The second-order valence-corrected chi connectivity index (χ2v) is 4.66. The zero-order chi connectivity index (χ0) is 14.8. The summed E-state index contributed by atoms with van der Waals surface area (Å²) >= 11 is 0. The number of nitrogens with zero attached hydrogens (tertiary/aromatic N) is 4. The van der Waals surface area contributed by atoms with E-state index in [0.717, 1.165) is 11.3 Å². The van der Waals surface area contributed by atoms with Crippen molar-refractivity contribution in [3.05, 3.63) is 65.6 Å². The van der Waals surface area contributed by atoms with Gasteiger partial charge in [-0.25, -0.2) is 9.07 Å². The molecule has 4 nitrogen and oxygen atoms in total. The highest BCUT2D eigenvalue weighted by molar-refractivity contribution is 5.67. The van der Waals surface area contributed by atoms with Crippen molar-refractivity contribution in [1.82, 2.24) is 15.0 Å². The van der Waals surface area contributed by atoms with E-state index in [1.807, 2.05) is 37.3 Å². The van der Waals surface area contributed by atoms with Gasteiger partial charge >= 0.3 is 0 Å². The normalized spacial score (nSPS) is 10.3. The molecule has 3 aromatic rings. The highest BCUT2D eigenvalue weighted by Crippen LogP contribution is 2.25. The number of aromatic nitrogens is 3. The first-order valence-corrected chi connectivity index (χ1v) is 6.38. The van der Waals surface area contributed by atoms with Gasteiger partial charge in [0.1, 0.15) is 17.6 Å². The molecule has 0 aliphatic heterocycles. The quantitative estimate of drug-likeness (QED) is 0.723. The van der Waals surface area contributed by atoms with E-state index in [1.54, 1.807) is 16.8 Å². The molecule has 0 amide bonds. The van der Waals surface area contributed by atoms with Crippen molar-refractivity contribution >= 4 is 0 Å². The van der Waals surface area contributed by atoms with E-state index in [2.05, 4.69) is 10.3 Å². The van der Waals surface area contributed by atoms with Gasteiger partial charge in [0.15, 0.2) is 5.69 Å². The topological polar surface area (TPSA) is 54.5 Å². The van der Waals surface area contributed by atoms with Crippen LogP contribution in [-0.2, 0) is 0 Å². The fraction of sp³-hybridized carbons (Fsp3) is 0.0625. The Kier molecular flexibility index (Phi) is 3.20. The molecule has 0 atom stereocenters. The minimum absolute atomic E-state index is 0.168. The monoisotopic (exact) mass is 278 g/mol. The predicted molar refractivity (Wildman–Crippen MR) is 76.2 cm³/mol. The van der Waals surface area contributed by atoms with Gasteiger partial charge in [0.05, 0.1) is 5.69 Å². The molecule has 0 saturated carbocycles. The van der Waals surface area contributed by atoms with Crippen molar-refractivity contribution < 1.29 is 4.39 Å². The lowest BCUT2D eigenvalue weighted by atomic mass is 10.1. The highest BCUT2D eigenvalue weighted by atomic mass is 19.1. The molecule has 0 saturated heterocycles. The number of aryl methyl sites for hydroxylation is 1. The second-order valence-electron chi connectivity index (χ2n) is 4.66. The Hall–Kier alpha value is -3.00. The van der Waals surface area contributed by atoms with Crippen molar-refractivity contribution in [2.24, 2.45) is 0 Å². The molecule has 102 valence electrons. The third kappa shape index (κ3) is 2.39. The summed E-state index contributed by atoms with van der Waals surface area (Å²) in [6.45, 7) is 1.99. The summed E-state index contributed by atoms with van der Waals surface area (Å²) in [4.78, 5) is 0. The van der Waals surface area contributed by atoms with Crippen molar-refractivity contribution in [3.8, 4) is 23.0 Å². The van der Waals surface area contributed by atoms with Crippen LogP contribution in [0.5, 0.6) is 0 Å². The number of hydrogen-bond donors (Lipinski definition) is 0. The van der Waals surface area contributed by atoms with Gasteiger partial charge in [-0.15, -0.1) is 5.10 Å². The van der Waals surface area contributed by atoms with Gasteiger partial charge in [-0.3, -0.25) is 0 Å². The number of halogens is 1. The van der Waals surface area contributed by atoms with Crippen molar-refractivity contribution in [3.63, 3.8) is 0 Å². The average Bonchev–Trinajstić information content (AvgIpc) is 2.92. The van der Waals surface area contributed by atoms with Crippen LogP contribution in [0.15, 0.2) is 48.5 Å². The van der Waals surface area contributed by atoms with E-state index >= 15 is 0 Å². The minimum Gasteiger partial charge on any atom is -0.211 e. The molecular weight excluding hydrogens is 267 g/mol. The molecule has 0 radical (unpaired) electrons. The van der Waals surface area contributed by atoms with Crippen LogP contribution in [0, 0.1) is 24.1 Å². The van der Waals surface area contributed by atoms with E-state index in [-0.39, 0.29) is 11.5 Å². The van der Waals surface area contributed by atoms with Gasteiger partial charge in [0, 0.05) is 5.56 Å². The number of hydrogen-bond acceptors (Lipinski definition) is 3. The van der Waals surface area contributed by atoms with Gasteiger partial charge < -0.3 is 0 Å². The van der Waals surface area contributed by atoms with Crippen LogP contribution < -0.4 is 0 Å².